The van der Waals surface area contributed by atoms with Crippen LogP contribution >= 0.6 is 11.6 Å². The molecule has 0 aromatic heterocycles. The molecule has 1 N–H and O–H groups in total. The van der Waals surface area contributed by atoms with Crippen LogP contribution < -0.4 is 4.74 Å². The standard InChI is InChI=1S/C14H12ClFO2/c15-13-6-5-12(16)7-11(13)9-18-14-4-2-1-3-10(14)8-17/h1-7,17H,8-9H2. The number of benzene rings is 2. The van der Waals surface area contributed by atoms with Gasteiger partial charge in [0, 0.05) is 16.1 Å². The third-order valence-corrected chi connectivity index (χ3v) is 2.90. The highest BCUT2D eigenvalue weighted by atomic mass is 35.5. The maximum Gasteiger partial charge on any atom is 0.125 e. The molecule has 0 fully saturated rings. The van der Waals surface area contributed by atoms with E-state index in [1.54, 1.807) is 12.1 Å². The number of para-hydroxylation sites is 1. The minimum absolute atomic E-state index is 0.104. The molecular formula is C14H12ClFO2. The van der Waals surface area contributed by atoms with Crippen molar-refractivity contribution in [2.45, 2.75) is 13.2 Å². The molecule has 2 aromatic rings. The summed E-state index contributed by atoms with van der Waals surface area (Å²) in [7, 11) is 0. The molecule has 2 aromatic carbocycles. The molecule has 2 nitrogen and oxygen atoms in total. The highest BCUT2D eigenvalue weighted by molar-refractivity contribution is 6.31. The van der Waals surface area contributed by atoms with Crippen LogP contribution in [0.1, 0.15) is 11.1 Å². The molecule has 0 heterocycles. The predicted molar refractivity (Wildman–Crippen MR) is 68.1 cm³/mol. The molecule has 0 aliphatic heterocycles. The Labute approximate surface area is 110 Å². The number of hydrogen-bond acceptors (Lipinski definition) is 2. The third-order valence-electron chi connectivity index (χ3n) is 2.53. The summed E-state index contributed by atoms with van der Waals surface area (Å²) in [5, 5.41) is 9.60. The van der Waals surface area contributed by atoms with Crippen LogP contribution in [0.5, 0.6) is 5.75 Å². The molecule has 0 amide bonds. The minimum atomic E-state index is -0.353. The molecule has 0 saturated carbocycles. The number of rotatable bonds is 4. The van der Waals surface area contributed by atoms with Crippen molar-refractivity contribution in [2.75, 3.05) is 0 Å². The Bertz CT molecular complexity index is 543. The summed E-state index contributed by atoms with van der Waals surface area (Å²) in [6.45, 7) is 0.0562. The first-order valence-electron chi connectivity index (χ1n) is 5.46. The van der Waals surface area contributed by atoms with Gasteiger partial charge in [-0.25, -0.2) is 4.39 Å². The molecule has 0 radical (unpaired) electrons. The number of ether oxygens (including phenoxy) is 1. The van der Waals surface area contributed by atoms with Gasteiger partial charge in [0.1, 0.15) is 18.2 Å². The normalized spacial score (nSPS) is 10.4. The summed E-state index contributed by atoms with van der Waals surface area (Å²) >= 11 is 5.94. The zero-order valence-corrected chi connectivity index (χ0v) is 10.3. The van der Waals surface area contributed by atoms with Gasteiger partial charge in [0.05, 0.1) is 6.61 Å². The van der Waals surface area contributed by atoms with Crippen molar-refractivity contribution < 1.29 is 14.2 Å². The lowest BCUT2D eigenvalue weighted by Gasteiger charge is -2.10. The van der Waals surface area contributed by atoms with Crippen molar-refractivity contribution in [2.24, 2.45) is 0 Å². The van der Waals surface area contributed by atoms with E-state index in [2.05, 4.69) is 0 Å². The van der Waals surface area contributed by atoms with Gasteiger partial charge >= 0.3 is 0 Å². The quantitative estimate of drug-likeness (QED) is 0.917. The second-order valence-electron chi connectivity index (χ2n) is 3.79. The molecule has 94 valence electrons. The lowest BCUT2D eigenvalue weighted by Crippen LogP contribution is -1.99. The molecule has 0 atom stereocenters. The fourth-order valence-electron chi connectivity index (χ4n) is 1.58. The largest absolute Gasteiger partial charge is 0.488 e. The van der Waals surface area contributed by atoms with Crippen molar-refractivity contribution in [3.05, 3.63) is 64.4 Å². The highest BCUT2D eigenvalue weighted by Crippen LogP contribution is 2.22. The Morgan fingerprint density at radius 1 is 1.11 bits per heavy atom. The summed E-state index contributed by atoms with van der Waals surface area (Å²) in [6.07, 6.45) is 0. The number of hydrogen-bond donors (Lipinski definition) is 1. The van der Waals surface area contributed by atoms with Gasteiger partial charge in [0.25, 0.3) is 0 Å². The average Bonchev–Trinajstić information content (AvgIpc) is 2.40. The minimum Gasteiger partial charge on any atom is -0.488 e. The summed E-state index contributed by atoms with van der Waals surface area (Å²) < 4.78 is 18.6. The van der Waals surface area contributed by atoms with Crippen LogP contribution in [0.25, 0.3) is 0 Å². The van der Waals surface area contributed by atoms with E-state index in [1.807, 2.05) is 12.1 Å². The van der Waals surface area contributed by atoms with Gasteiger partial charge < -0.3 is 9.84 Å². The van der Waals surface area contributed by atoms with Crippen LogP contribution in [0, 0.1) is 5.82 Å². The predicted octanol–water partition coefficient (Wildman–Crippen LogP) is 3.55. The Kier molecular flexibility index (Phi) is 4.18. The van der Waals surface area contributed by atoms with Gasteiger partial charge in [-0.05, 0) is 24.3 Å². The zero-order valence-electron chi connectivity index (χ0n) is 9.57. The Morgan fingerprint density at radius 2 is 1.89 bits per heavy atom. The summed E-state index contributed by atoms with van der Waals surface area (Å²) in [5.41, 5.74) is 1.26. The number of aliphatic hydroxyl groups excluding tert-OH is 1. The first kappa shape index (κ1) is 12.9. The average molecular weight is 267 g/mol. The van der Waals surface area contributed by atoms with Crippen molar-refractivity contribution in [3.8, 4) is 5.75 Å². The molecule has 0 bridgehead atoms. The Balaban J connectivity index is 2.14. The van der Waals surface area contributed by atoms with Crippen molar-refractivity contribution in [3.63, 3.8) is 0 Å². The lowest BCUT2D eigenvalue weighted by molar-refractivity contribution is 0.259. The van der Waals surface area contributed by atoms with Crippen LogP contribution in [0.15, 0.2) is 42.5 Å². The molecule has 0 aliphatic carbocycles. The fourth-order valence-corrected chi connectivity index (χ4v) is 1.76. The molecule has 0 spiro atoms. The van der Waals surface area contributed by atoms with Crippen molar-refractivity contribution >= 4 is 11.6 Å². The van der Waals surface area contributed by atoms with Crippen LogP contribution in [0.4, 0.5) is 4.39 Å². The molecule has 18 heavy (non-hydrogen) atoms. The van der Waals surface area contributed by atoms with E-state index in [0.717, 1.165) is 0 Å². The summed E-state index contributed by atoms with van der Waals surface area (Å²) in [4.78, 5) is 0. The van der Waals surface area contributed by atoms with E-state index in [9.17, 15) is 4.39 Å². The molecule has 0 unspecified atom stereocenters. The van der Waals surface area contributed by atoms with Crippen molar-refractivity contribution in [1.82, 2.24) is 0 Å². The van der Waals surface area contributed by atoms with Gasteiger partial charge in [-0.15, -0.1) is 0 Å². The van der Waals surface area contributed by atoms with Gasteiger partial charge in [-0.2, -0.15) is 0 Å². The van der Waals surface area contributed by atoms with E-state index >= 15 is 0 Å². The SMILES string of the molecule is OCc1ccccc1OCc1cc(F)ccc1Cl. The third kappa shape index (κ3) is 3.00. The van der Waals surface area contributed by atoms with E-state index in [0.29, 0.717) is 21.9 Å². The Hall–Kier alpha value is -1.58. The maximum atomic E-state index is 13.1. The molecule has 2 rings (SSSR count). The number of aliphatic hydroxyl groups is 1. The topological polar surface area (TPSA) is 29.5 Å². The molecular weight excluding hydrogens is 255 g/mol. The van der Waals surface area contributed by atoms with E-state index in [4.69, 9.17) is 21.4 Å². The fraction of sp³-hybridized carbons (Fsp3) is 0.143. The van der Waals surface area contributed by atoms with Crippen LogP contribution in [-0.2, 0) is 13.2 Å². The smallest absolute Gasteiger partial charge is 0.125 e. The van der Waals surface area contributed by atoms with Gasteiger partial charge in [0.15, 0.2) is 0 Å². The Morgan fingerprint density at radius 3 is 2.67 bits per heavy atom. The van der Waals surface area contributed by atoms with E-state index in [1.165, 1.54) is 18.2 Å². The lowest BCUT2D eigenvalue weighted by atomic mass is 10.2. The van der Waals surface area contributed by atoms with E-state index < -0.39 is 0 Å². The summed E-state index contributed by atoms with van der Waals surface area (Å²) in [5.74, 6) is 0.216. The van der Waals surface area contributed by atoms with Crippen LogP contribution in [0.2, 0.25) is 5.02 Å². The first-order chi connectivity index (χ1) is 8.70. The molecule has 4 heteroatoms. The maximum absolute atomic E-state index is 13.1. The highest BCUT2D eigenvalue weighted by Gasteiger charge is 2.05. The first-order valence-corrected chi connectivity index (χ1v) is 5.84. The molecule has 0 aliphatic rings. The monoisotopic (exact) mass is 266 g/mol. The van der Waals surface area contributed by atoms with Crippen LogP contribution in [-0.4, -0.2) is 5.11 Å². The van der Waals surface area contributed by atoms with Gasteiger partial charge in [-0.1, -0.05) is 29.8 Å². The summed E-state index contributed by atoms with van der Waals surface area (Å²) in [6, 6.07) is 11.3. The van der Waals surface area contributed by atoms with Crippen LogP contribution in [0.3, 0.4) is 0 Å². The second-order valence-corrected chi connectivity index (χ2v) is 4.20. The second kappa shape index (κ2) is 5.85. The molecule has 0 saturated heterocycles. The van der Waals surface area contributed by atoms with Gasteiger partial charge in [-0.3, -0.25) is 0 Å². The van der Waals surface area contributed by atoms with E-state index in [-0.39, 0.29) is 19.0 Å². The van der Waals surface area contributed by atoms with Gasteiger partial charge in [0.2, 0.25) is 0 Å². The van der Waals surface area contributed by atoms with Crippen molar-refractivity contribution in [1.29, 1.82) is 0 Å². The zero-order chi connectivity index (χ0) is 13.0. The number of halogens is 2.